The number of anilines is 1. The van der Waals surface area contributed by atoms with Crippen LogP contribution < -0.4 is 14.8 Å². The van der Waals surface area contributed by atoms with Crippen LogP contribution in [0.1, 0.15) is 25.3 Å². The van der Waals surface area contributed by atoms with Crippen LogP contribution in [0.25, 0.3) is 0 Å². The van der Waals surface area contributed by atoms with E-state index in [-0.39, 0.29) is 17.7 Å². The molecule has 0 radical (unpaired) electrons. The van der Waals surface area contributed by atoms with Crippen LogP contribution in [0.2, 0.25) is 0 Å². The molecule has 1 amide bonds. The van der Waals surface area contributed by atoms with Gasteiger partial charge in [-0.25, -0.2) is 0 Å². The van der Waals surface area contributed by atoms with Crippen molar-refractivity contribution < 1.29 is 14.3 Å². The average molecular weight is 313 g/mol. The van der Waals surface area contributed by atoms with E-state index in [0.29, 0.717) is 0 Å². The Morgan fingerprint density at radius 1 is 0.870 bits per heavy atom. The Balaban J connectivity index is 2.16. The first kappa shape index (κ1) is 16.9. The molecule has 0 aromatic heterocycles. The highest BCUT2D eigenvalue weighted by atomic mass is 16.5. The van der Waals surface area contributed by atoms with Gasteiger partial charge in [0.05, 0.1) is 20.1 Å². The second-order valence-electron chi connectivity index (χ2n) is 5.71. The highest BCUT2D eigenvalue weighted by molar-refractivity contribution is 5.96. The first-order valence-corrected chi connectivity index (χ1v) is 7.64. The van der Waals surface area contributed by atoms with Gasteiger partial charge in [-0.05, 0) is 47.9 Å². The maximum absolute atomic E-state index is 12.7. The van der Waals surface area contributed by atoms with Gasteiger partial charge in [0.1, 0.15) is 11.5 Å². The smallest absolute Gasteiger partial charge is 0.232 e. The quantitative estimate of drug-likeness (QED) is 0.874. The molecule has 1 atom stereocenters. The highest BCUT2D eigenvalue weighted by Crippen LogP contribution is 2.28. The van der Waals surface area contributed by atoms with Crippen molar-refractivity contribution in [2.75, 3.05) is 19.5 Å². The summed E-state index contributed by atoms with van der Waals surface area (Å²) in [5, 5.41) is 2.98. The van der Waals surface area contributed by atoms with Gasteiger partial charge in [-0.3, -0.25) is 4.79 Å². The molecular weight excluding hydrogens is 290 g/mol. The molecule has 0 heterocycles. The number of rotatable bonds is 6. The summed E-state index contributed by atoms with van der Waals surface area (Å²) >= 11 is 0. The minimum atomic E-state index is -0.219. The SMILES string of the molecule is COc1ccc(NC(=O)C(c2ccc(OC)cc2)C(C)C)cc1. The van der Waals surface area contributed by atoms with Crippen LogP contribution in [0.4, 0.5) is 5.69 Å². The summed E-state index contributed by atoms with van der Waals surface area (Å²) in [7, 11) is 3.25. The first-order chi connectivity index (χ1) is 11.0. The standard InChI is InChI=1S/C19H23NO3/c1-13(2)18(14-5-9-16(22-3)10-6-14)19(21)20-15-7-11-17(23-4)12-8-15/h5-13,18H,1-4H3,(H,20,21). The molecule has 1 N–H and O–H groups in total. The molecule has 2 aromatic rings. The normalized spacial score (nSPS) is 11.9. The lowest BCUT2D eigenvalue weighted by Crippen LogP contribution is -2.25. The Bertz CT molecular complexity index is 633. The van der Waals surface area contributed by atoms with Gasteiger partial charge >= 0.3 is 0 Å². The zero-order valence-corrected chi connectivity index (χ0v) is 14.0. The van der Waals surface area contributed by atoms with E-state index in [1.165, 1.54) is 0 Å². The minimum absolute atomic E-state index is 0.0182. The van der Waals surface area contributed by atoms with Crippen LogP contribution in [0.5, 0.6) is 11.5 Å². The van der Waals surface area contributed by atoms with Crippen LogP contribution in [0.15, 0.2) is 48.5 Å². The lowest BCUT2D eigenvalue weighted by atomic mass is 9.87. The Labute approximate surface area is 137 Å². The number of methoxy groups -OCH3 is 2. The molecule has 0 saturated carbocycles. The predicted molar refractivity (Wildman–Crippen MR) is 92.2 cm³/mol. The summed E-state index contributed by atoms with van der Waals surface area (Å²) in [5.41, 5.74) is 1.74. The molecule has 0 saturated heterocycles. The van der Waals surface area contributed by atoms with Gasteiger partial charge in [0.25, 0.3) is 0 Å². The van der Waals surface area contributed by atoms with Crippen molar-refractivity contribution >= 4 is 11.6 Å². The van der Waals surface area contributed by atoms with Crippen LogP contribution in [0, 0.1) is 5.92 Å². The van der Waals surface area contributed by atoms with E-state index in [2.05, 4.69) is 5.32 Å². The molecule has 2 aromatic carbocycles. The summed E-state index contributed by atoms with van der Waals surface area (Å²) in [6, 6.07) is 15.0. The topological polar surface area (TPSA) is 47.6 Å². The number of ether oxygens (including phenoxy) is 2. The second kappa shape index (κ2) is 7.68. The van der Waals surface area contributed by atoms with Gasteiger partial charge < -0.3 is 14.8 Å². The van der Waals surface area contributed by atoms with E-state index < -0.39 is 0 Å². The minimum Gasteiger partial charge on any atom is -0.497 e. The van der Waals surface area contributed by atoms with Crippen LogP contribution >= 0.6 is 0 Å². The Hall–Kier alpha value is -2.49. The third-order valence-corrected chi connectivity index (χ3v) is 3.78. The Morgan fingerprint density at radius 3 is 1.78 bits per heavy atom. The van der Waals surface area contributed by atoms with Gasteiger partial charge in [-0.15, -0.1) is 0 Å². The highest BCUT2D eigenvalue weighted by Gasteiger charge is 2.24. The summed E-state index contributed by atoms with van der Waals surface area (Å²) in [4.78, 5) is 12.7. The van der Waals surface area contributed by atoms with E-state index in [1.807, 2.05) is 62.4 Å². The average Bonchev–Trinajstić information content (AvgIpc) is 2.56. The van der Waals surface area contributed by atoms with E-state index >= 15 is 0 Å². The van der Waals surface area contributed by atoms with Crippen molar-refractivity contribution in [1.29, 1.82) is 0 Å². The number of nitrogens with one attached hydrogen (secondary N) is 1. The lowest BCUT2D eigenvalue weighted by molar-refractivity contribution is -0.118. The van der Waals surface area contributed by atoms with Crippen LogP contribution in [-0.4, -0.2) is 20.1 Å². The third kappa shape index (κ3) is 4.25. The molecule has 2 rings (SSSR count). The molecule has 122 valence electrons. The van der Waals surface area contributed by atoms with Gasteiger partial charge in [-0.1, -0.05) is 26.0 Å². The third-order valence-electron chi connectivity index (χ3n) is 3.78. The van der Waals surface area contributed by atoms with Crippen molar-refractivity contribution in [3.63, 3.8) is 0 Å². The van der Waals surface area contributed by atoms with Crippen LogP contribution in [0.3, 0.4) is 0 Å². The second-order valence-corrected chi connectivity index (χ2v) is 5.71. The number of carbonyl (C=O) groups is 1. The zero-order chi connectivity index (χ0) is 16.8. The van der Waals surface area contributed by atoms with E-state index in [0.717, 1.165) is 22.7 Å². The number of benzene rings is 2. The molecular formula is C19H23NO3. The number of amides is 1. The molecule has 0 fully saturated rings. The van der Waals surface area contributed by atoms with E-state index in [9.17, 15) is 4.79 Å². The number of hydrogen-bond acceptors (Lipinski definition) is 3. The fourth-order valence-corrected chi connectivity index (χ4v) is 2.54. The van der Waals surface area contributed by atoms with E-state index in [4.69, 9.17) is 9.47 Å². The fourth-order valence-electron chi connectivity index (χ4n) is 2.54. The van der Waals surface area contributed by atoms with Gasteiger partial charge in [0, 0.05) is 5.69 Å². The molecule has 23 heavy (non-hydrogen) atoms. The van der Waals surface area contributed by atoms with Gasteiger partial charge in [0.2, 0.25) is 5.91 Å². The van der Waals surface area contributed by atoms with E-state index in [1.54, 1.807) is 14.2 Å². The molecule has 4 nitrogen and oxygen atoms in total. The maximum atomic E-state index is 12.7. The van der Waals surface area contributed by atoms with Crippen molar-refractivity contribution in [3.8, 4) is 11.5 Å². The molecule has 0 aliphatic carbocycles. The van der Waals surface area contributed by atoms with Gasteiger partial charge in [-0.2, -0.15) is 0 Å². The zero-order valence-electron chi connectivity index (χ0n) is 14.0. The van der Waals surface area contributed by atoms with Crippen molar-refractivity contribution in [2.24, 2.45) is 5.92 Å². The number of carbonyl (C=O) groups excluding carboxylic acids is 1. The van der Waals surface area contributed by atoms with Crippen LogP contribution in [-0.2, 0) is 4.79 Å². The Morgan fingerprint density at radius 2 is 1.35 bits per heavy atom. The van der Waals surface area contributed by atoms with Crippen molar-refractivity contribution in [1.82, 2.24) is 0 Å². The summed E-state index contributed by atoms with van der Waals surface area (Å²) in [6.07, 6.45) is 0. The molecule has 0 aliphatic rings. The Kier molecular flexibility index (Phi) is 5.63. The monoisotopic (exact) mass is 313 g/mol. The number of hydrogen-bond donors (Lipinski definition) is 1. The lowest BCUT2D eigenvalue weighted by Gasteiger charge is -2.21. The van der Waals surface area contributed by atoms with Gasteiger partial charge in [0.15, 0.2) is 0 Å². The summed E-state index contributed by atoms with van der Waals surface area (Å²) in [5.74, 6) is 1.49. The predicted octanol–water partition coefficient (Wildman–Crippen LogP) is 4.08. The molecule has 0 aliphatic heterocycles. The molecule has 0 bridgehead atoms. The fraction of sp³-hybridized carbons (Fsp3) is 0.316. The summed E-state index contributed by atoms with van der Waals surface area (Å²) < 4.78 is 10.3. The molecule has 1 unspecified atom stereocenters. The largest absolute Gasteiger partial charge is 0.497 e. The van der Waals surface area contributed by atoms with Crippen molar-refractivity contribution in [3.05, 3.63) is 54.1 Å². The maximum Gasteiger partial charge on any atom is 0.232 e. The summed E-state index contributed by atoms with van der Waals surface area (Å²) in [6.45, 7) is 4.09. The molecule has 4 heteroatoms. The first-order valence-electron chi connectivity index (χ1n) is 7.64. The molecule has 0 spiro atoms. The van der Waals surface area contributed by atoms with Crippen molar-refractivity contribution in [2.45, 2.75) is 19.8 Å².